The lowest BCUT2D eigenvalue weighted by atomic mass is 9.95. The molecule has 0 atom stereocenters. The predicted octanol–water partition coefficient (Wildman–Crippen LogP) is 4.78. The first-order chi connectivity index (χ1) is 15.7. The number of hydrogen-bond acceptors (Lipinski definition) is 6. The second-order valence-corrected chi connectivity index (χ2v) is 8.40. The third-order valence-electron chi connectivity index (χ3n) is 6.00. The minimum atomic E-state index is -0.0966. The molecule has 166 valence electrons. The molecule has 0 aliphatic heterocycles. The molecule has 0 spiro atoms. The first kappa shape index (κ1) is 20.5. The van der Waals surface area contributed by atoms with Crippen LogP contribution >= 0.6 is 0 Å². The maximum absolute atomic E-state index is 12.4. The van der Waals surface area contributed by atoms with E-state index in [4.69, 9.17) is 14.7 Å². The van der Waals surface area contributed by atoms with Crippen LogP contribution in [0.5, 0.6) is 5.75 Å². The molecule has 1 aliphatic carbocycles. The molecule has 1 aliphatic rings. The van der Waals surface area contributed by atoms with Crippen LogP contribution in [0.25, 0.3) is 22.6 Å². The number of Topliss-reactive ketones (excluding diaryl/α,β-unsaturated/α-hetero) is 1. The van der Waals surface area contributed by atoms with E-state index in [2.05, 4.69) is 17.2 Å². The Bertz CT molecular complexity index is 1270. The van der Waals surface area contributed by atoms with Gasteiger partial charge in [-0.1, -0.05) is 26.2 Å². The van der Waals surface area contributed by atoms with Crippen LogP contribution in [0.3, 0.4) is 0 Å². The van der Waals surface area contributed by atoms with Crippen LogP contribution < -0.4 is 10.1 Å². The highest BCUT2D eigenvalue weighted by Crippen LogP contribution is 2.34. The summed E-state index contributed by atoms with van der Waals surface area (Å²) in [5, 5.41) is 3.73. The fourth-order valence-corrected chi connectivity index (χ4v) is 4.45. The number of ether oxygens (including phenoxy) is 1. The van der Waals surface area contributed by atoms with Gasteiger partial charge in [0.1, 0.15) is 23.0 Å². The van der Waals surface area contributed by atoms with E-state index >= 15 is 0 Å². The van der Waals surface area contributed by atoms with Crippen molar-refractivity contribution in [2.75, 3.05) is 11.9 Å². The second kappa shape index (κ2) is 8.61. The number of nitrogens with one attached hydrogen (secondary N) is 1. The average molecular weight is 433 g/mol. The van der Waals surface area contributed by atoms with E-state index in [0.717, 1.165) is 47.7 Å². The van der Waals surface area contributed by atoms with Crippen molar-refractivity contribution in [2.24, 2.45) is 0 Å². The standard InChI is InChI=1S/C24H28N6O2/c1-3-13-32-18-9-11-29-19(14-18)21(28-23(29)16(2)31)22-24(26-17-7-5-4-6-8-17)30-12-10-25-15-20(30)27-22/h9-12,14-15,17,26H,3-8,13H2,1-2H3. The number of anilines is 1. The largest absolute Gasteiger partial charge is 0.493 e. The van der Waals surface area contributed by atoms with Crippen LogP contribution in [0, 0.1) is 0 Å². The lowest BCUT2D eigenvalue weighted by Crippen LogP contribution is -2.23. The number of hydrogen-bond donors (Lipinski definition) is 1. The van der Waals surface area contributed by atoms with Crippen molar-refractivity contribution in [1.29, 1.82) is 0 Å². The van der Waals surface area contributed by atoms with Crippen LogP contribution in [0.15, 0.2) is 36.9 Å². The molecule has 5 rings (SSSR count). The molecule has 32 heavy (non-hydrogen) atoms. The Kier molecular flexibility index (Phi) is 5.51. The SMILES string of the molecule is CCCOc1ccn2c(C(C)=O)nc(-c3nc4cnccn4c3NC3CCCCC3)c2c1. The molecule has 1 N–H and O–H groups in total. The van der Waals surface area contributed by atoms with Crippen LogP contribution in [0.1, 0.15) is 63.0 Å². The second-order valence-electron chi connectivity index (χ2n) is 8.40. The molecule has 4 aromatic heterocycles. The lowest BCUT2D eigenvalue weighted by molar-refractivity contribution is 0.100. The zero-order valence-electron chi connectivity index (χ0n) is 18.5. The van der Waals surface area contributed by atoms with Gasteiger partial charge >= 0.3 is 0 Å². The van der Waals surface area contributed by atoms with Crippen molar-refractivity contribution >= 4 is 22.8 Å². The van der Waals surface area contributed by atoms with Gasteiger partial charge in [-0.25, -0.2) is 9.97 Å². The van der Waals surface area contributed by atoms with E-state index in [1.54, 1.807) is 12.4 Å². The Morgan fingerprint density at radius 1 is 1.16 bits per heavy atom. The Morgan fingerprint density at radius 3 is 2.78 bits per heavy atom. The van der Waals surface area contributed by atoms with Crippen molar-refractivity contribution in [3.63, 3.8) is 0 Å². The number of nitrogens with zero attached hydrogens (tertiary/aromatic N) is 5. The molecular formula is C24H28N6O2. The molecule has 1 fully saturated rings. The van der Waals surface area contributed by atoms with E-state index in [1.165, 1.54) is 26.2 Å². The smallest absolute Gasteiger partial charge is 0.195 e. The van der Waals surface area contributed by atoms with Gasteiger partial charge < -0.3 is 10.1 Å². The first-order valence-corrected chi connectivity index (χ1v) is 11.4. The zero-order valence-corrected chi connectivity index (χ0v) is 18.5. The lowest BCUT2D eigenvalue weighted by Gasteiger charge is -2.24. The maximum atomic E-state index is 12.4. The highest BCUT2D eigenvalue weighted by atomic mass is 16.5. The summed E-state index contributed by atoms with van der Waals surface area (Å²) in [7, 11) is 0. The quantitative estimate of drug-likeness (QED) is 0.423. The summed E-state index contributed by atoms with van der Waals surface area (Å²) in [5.74, 6) is 1.93. The minimum Gasteiger partial charge on any atom is -0.493 e. The molecule has 0 amide bonds. The van der Waals surface area contributed by atoms with Crippen molar-refractivity contribution in [3.05, 3.63) is 42.7 Å². The molecule has 0 radical (unpaired) electrons. The molecule has 8 nitrogen and oxygen atoms in total. The summed E-state index contributed by atoms with van der Waals surface area (Å²) in [6.45, 7) is 4.24. The van der Waals surface area contributed by atoms with Crippen molar-refractivity contribution in [1.82, 2.24) is 23.8 Å². The first-order valence-electron chi connectivity index (χ1n) is 11.4. The van der Waals surface area contributed by atoms with Crippen molar-refractivity contribution in [2.45, 2.75) is 58.4 Å². The number of carbonyl (C=O) groups excluding carboxylic acids is 1. The third kappa shape index (κ3) is 3.70. The average Bonchev–Trinajstić information content (AvgIpc) is 3.37. The fraction of sp³-hybridized carbons (Fsp3) is 0.417. The molecule has 4 heterocycles. The van der Waals surface area contributed by atoms with Crippen LogP contribution in [-0.2, 0) is 0 Å². The number of rotatable bonds is 7. The summed E-state index contributed by atoms with van der Waals surface area (Å²) in [6, 6.07) is 4.20. The van der Waals surface area contributed by atoms with Crippen molar-refractivity contribution < 1.29 is 9.53 Å². The van der Waals surface area contributed by atoms with Gasteiger partial charge in [0, 0.05) is 37.6 Å². The number of carbonyl (C=O) groups is 1. The summed E-state index contributed by atoms with van der Waals surface area (Å²) >= 11 is 0. The summed E-state index contributed by atoms with van der Waals surface area (Å²) in [5.41, 5.74) is 2.93. The van der Waals surface area contributed by atoms with Crippen LogP contribution in [-0.4, -0.2) is 42.2 Å². The van der Waals surface area contributed by atoms with E-state index in [0.29, 0.717) is 24.2 Å². The summed E-state index contributed by atoms with van der Waals surface area (Å²) in [4.78, 5) is 26.2. The number of ketones is 1. The van der Waals surface area contributed by atoms with Crippen molar-refractivity contribution in [3.8, 4) is 17.1 Å². The number of imidazole rings is 2. The number of pyridine rings is 1. The van der Waals surface area contributed by atoms with E-state index in [-0.39, 0.29) is 5.78 Å². The van der Waals surface area contributed by atoms with Gasteiger partial charge in [-0.05, 0) is 25.3 Å². The fourth-order valence-electron chi connectivity index (χ4n) is 4.45. The predicted molar refractivity (Wildman–Crippen MR) is 123 cm³/mol. The van der Waals surface area contributed by atoms with Gasteiger partial charge in [0.05, 0.1) is 18.3 Å². The minimum absolute atomic E-state index is 0.0966. The van der Waals surface area contributed by atoms with E-state index in [9.17, 15) is 4.79 Å². The summed E-state index contributed by atoms with van der Waals surface area (Å²) < 4.78 is 9.70. The normalized spacial score (nSPS) is 14.8. The highest BCUT2D eigenvalue weighted by Gasteiger charge is 2.24. The third-order valence-corrected chi connectivity index (χ3v) is 6.00. The van der Waals surface area contributed by atoms with Gasteiger partial charge in [-0.15, -0.1) is 0 Å². The van der Waals surface area contributed by atoms with Gasteiger partial charge in [-0.3, -0.25) is 18.6 Å². The molecule has 1 saturated carbocycles. The number of aromatic nitrogens is 5. The van der Waals surface area contributed by atoms with Gasteiger partial charge in [0.2, 0.25) is 0 Å². The van der Waals surface area contributed by atoms with Crippen LogP contribution in [0.2, 0.25) is 0 Å². The Morgan fingerprint density at radius 2 is 2.00 bits per heavy atom. The molecule has 8 heteroatoms. The van der Waals surface area contributed by atoms with Gasteiger partial charge in [-0.2, -0.15) is 0 Å². The Balaban J connectivity index is 1.69. The Hall–Kier alpha value is -3.42. The molecule has 0 bridgehead atoms. The van der Waals surface area contributed by atoms with Crippen LogP contribution in [0.4, 0.5) is 5.82 Å². The summed E-state index contributed by atoms with van der Waals surface area (Å²) in [6.07, 6.45) is 14.2. The Labute approximate surface area is 186 Å². The molecule has 0 unspecified atom stereocenters. The highest BCUT2D eigenvalue weighted by molar-refractivity contribution is 5.95. The number of fused-ring (bicyclic) bond motifs is 2. The molecule has 0 aromatic carbocycles. The molecular weight excluding hydrogens is 404 g/mol. The molecule has 0 saturated heterocycles. The van der Waals surface area contributed by atoms with E-state index in [1.807, 2.05) is 33.3 Å². The molecule has 4 aromatic rings. The van der Waals surface area contributed by atoms with Gasteiger partial charge in [0.25, 0.3) is 0 Å². The zero-order chi connectivity index (χ0) is 22.1. The monoisotopic (exact) mass is 432 g/mol. The van der Waals surface area contributed by atoms with Gasteiger partial charge in [0.15, 0.2) is 17.3 Å². The van der Waals surface area contributed by atoms with E-state index < -0.39 is 0 Å². The topological polar surface area (TPSA) is 85.8 Å². The maximum Gasteiger partial charge on any atom is 0.195 e.